The Labute approximate surface area is 153 Å². The predicted molar refractivity (Wildman–Crippen MR) is 103 cm³/mol. The van der Waals surface area contributed by atoms with E-state index in [1.807, 2.05) is 7.05 Å². The van der Waals surface area contributed by atoms with E-state index >= 15 is 0 Å². The predicted octanol–water partition coefficient (Wildman–Crippen LogP) is 2.34. The van der Waals surface area contributed by atoms with Crippen LogP contribution in [0.1, 0.15) is 0 Å². The fourth-order valence-electron chi connectivity index (χ4n) is 1.78. The average molecular weight is 597 g/mol. The highest BCUT2D eigenvalue weighted by atomic mass is 127. The Morgan fingerprint density at radius 1 is 1.37 bits per heavy atom. The molecule has 1 heterocycles. The van der Waals surface area contributed by atoms with Crippen LogP contribution >= 0.6 is 67.8 Å². The van der Waals surface area contributed by atoms with Gasteiger partial charge in [0.25, 0.3) is 0 Å². The highest BCUT2D eigenvalue weighted by molar-refractivity contribution is 14.1. The van der Waals surface area contributed by atoms with Gasteiger partial charge in [-0.05, 0) is 87.0 Å². The van der Waals surface area contributed by atoms with Crippen molar-refractivity contribution in [2.24, 2.45) is 0 Å². The van der Waals surface area contributed by atoms with Crippen LogP contribution in [0.5, 0.6) is 0 Å². The lowest BCUT2D eigenvalue weighted by molar-refractivity contribution is -0.117. The first kappa shape index (κ1) is 16.2. The van der Waals surface area contributed by atoms with E-state index in [-0.39, 0.29) is 5.91 Å². The number of benzene rings is 1. The van der Waals surface area contributed by atoms with E-state index in [2.05, 4.69) is 95.4 Å². The number of anilines is 1. The molecule has 1 fully saturated rings. The molecule has 2 rings (SSSR count). The number of likely N-dealkylation sites (N-methyl/N-ethyl adjacent to an activating group) is 1. The van der Waals surface area contributed by atoms with Crippen molar-refractivity contribution in [2.75, 3.05) is 32.0 Å². The summed E-state index contributed by atoms with van der Waals surface area (Å²) >= 11 is 6.81. The van der Waals surface area contributed by atoms with Gasteiger partial charge in [0.15, 0.2) is 0 Å². The van der Waals surface area contributed by atoms with Gasteiger partial charge in [-0.25, -0.2) is 0 Å². The molecule has 104 valence electrons. The molecule has 1 saturated heterocycles. The first-order chi connectivity index (χ1) is 8.97. The number of halogens is 3. The summed E-state index contributed by atoms with van der Waals surface area (Å²) in [6.07, 6.45) is 0. The molecule has 2 N–H and O–H groups in total. The van der Waals surface area contributed by atoms with E-state index in [1.54, 1.807) is 0 Å². The number of nitrogens with one attached hydrogen (secondary N) is 2. The number of rotatable bonds is 4. The van der Waals surface area contributed by atoms with Gasteiger partial charge in [-0.2, -0.15) is 0 Å². The van der Waals surface area contributed by atoms with Crippen molar-refractivity contribution in [3.05, 3.63) is 22.8 Å². The molecule has 7 heteroatoms. The normalized spacial score (nSPS) is 15.4. The van der Waals surface area contributed by atoms with Crippen LogP contribution in [-0.2, 0) is 4.79 Å². The molecule has 0 atom stereocenters. The van der Waals surface area contributed by atoms with Crippen molar-refractivity contribution in [1.82, 2.24) is 10.2 Å². The molecule has 1 aliphatic heterocycles. The standard InChI is InChI=1S/C12H14I3N3O/c1-18(8-4-16-5-8)6-11(19)17-12-9(14)2-7(13)3-10(12)15/h2-3,8,16H,4-6H2,1H3,(H,17,19). The van der Waals surface area contributed by atoms with Gasteiger partial charge in [0.1, 0.15) is 0 Å². The average Bonchev–Trinajstić information content (AvgIpc) is 2.20. The quantitative estimate of drug-likeness (QED) is 0.525. The van der Waals surface area contributed by atoms with Crippen LogP contribution in [0.3, 0.4) is 0 Å². The van der Waals surface area contributed by atoms with Crippen molar-refractivity contribution in [1.29, 1.82) is 0 Å². The molecule has 19 heavy (non-hydrogen) atoms. The zero-order valence-electron chi connectivity index (χ0n) is 10.3. The molecule has 1 aromatic rings. The first-order valence-electron chi connectivity index (χ1n) is 5.82. The van der Waals surface area contributed by atoms with Crippen LogP contribution in [0.25, 0.3) is 0 Å². The van der Waals surface area contributed by atoms with Crippen LogP contribution in [0, 0.1) is 10.7 Å². The summed E-state index contributed by atoms with van der Waals surface area (Å²) < 4.78 is 3.34. The van der Waals surface area contributed by atoms with E-state index in [1.165, 1.54) is 3.57 Å². The summed E-state index contributed by atoms with van der Waals surface area (Å²) in [5, 5.41) is 6.23. The molecule has 0 spiro atoms. The van der Waals surface area contributed by atoms with Crippen LogP contribution in [0.2, 0.25) is 0 Å². The molecular weight excluding hydrogens is 583 g/mol. The Morgan fingerprint density at radius 2 is 1.95 bits per heavy atom. The maximum atomic E-state index is 12.1. The van der Waals surface area contributed by atoms with Crippen molar-refractivity contribution in [2.45, 2.75) is 6.04 Å². The van der Waals surface area contributed by atoms with Crippen molar-refractivity contribution < 1.29 is 4.79 Å². The Kier molecular flexibility index (Phi) is 6.11. The van der Waals surface area contributed by atoms with Crippen LogP contribution in [-0.4, -0.2) is 43.5 Å². The summed E-state index contributed by atoms with van der Waals surface area (Å²) in [5.41, 5.74) is 0.923. The van der Waals surface area contributed by atoms with Gasteiger partial charge in [0.05, 0.1) is 12.2 Å². The lowest BCUT2D eigenvalue weighted by Crippen LogP contribution is -2.57. The van der Waals surface area contributed by atoms with E-state index in [0.29, 0.717) is 12.6 Å². The molecule has 1 aliphatic rings. The second kappa shape index (κ2) is 7.18. The number of carbonyl (C=O) groups excluding carboxylic acids is 1. The maximum absolute atomic E-state index is 12.1. The number of amides is 1. The summed E-state index contributed by atoms with van der Waals surface area (Å²) in [4.78, 5) is 14.2. The monoisotopic (exact) mass is 597 g/mol. The minimum Gasteiger partial charge on any atom is -0.323 e. The second-order valence-corrected chi connectivity index (χ2v) is 8.09. The lowest BCUT2D eigenvalue weighted by atomic mass is 10.1. The van der Waals surface area contributed by atoms with Crippen LogP contribution in [0.4, 0.5) is 5.69 Å². The largest absolute Gasteiger partial charge is 0.323 e. The third-order valence-electron chi connectivity index (χ3n) is 3.05. The third kappa shape index (κ3) is 4.38. The minimum atomic E-state index is 0.0476. The molecule has 0 unspecified atom stereocenters. The Balaban J connectivity index is 1.98. The zero-order valence-corrected chi connectivity index (χ0v) is 16.8. The highest BCUT2D eigenvalue weighted by Crippen LogP contribution is 2.27. The number of carbonyl (C=O) groups is 1. The second-order valence-electron chi connectivity index (χ2n) is 4.52. The summed E-state index contributed by atoms with van der Waals surface area (Å²) in [5.74, 6) is 0.0476. The summed E-state index contributed by atoms with van der Waals surface area (Å²) in [7, 11) is 1.99. The third-order valence-corrected chi connectivity index (χ3v) is 5.37. The summed E-state index contributed by atoms with van der Waals surface area (Å²) in [6, 6.07) is 4.62. The van der Waals surface area contributed by atoms with Gasteiger partial charge < -0.3 is 10.6 Å². The molecule has 1 amide bonds. The molecule has 0 saturated carbocycles. The Hall–Kier alpha value is 0.800. The van der Waals surface area contributed by atoms with E-state index in [9.17, 15) is 4.79 Å². The van der Waals surface area contributed by atoms with Crippen molar-refractivity contribution in [3.8, 4) is 0 Å². The van der Waals surface area contributed by atoms with Gasteiger partial charge in [-0.3, -0.25) is 9.69 Å². The van der Waals surface area contributed by atoms with Crippen molar-refractivity contribution in [3.63, 3.8) is 0 Å². The summed E-state index contributed by atoms with van der Waals surface area (Å²) in [6.45, 7) is 2.38. The maximum Gasteiger partial charge on any atom is 0.238 e. The Morgan fingerprint density at radius 3 is 2.42 bits per heavy atom. The molecule has 1 aromatic carbocycles. The molecule has 0 aliphatic carbocycles. The van der Waals surface area contributed by atoms with Gasteiger partial charge in [0.2, 0.25) is 5.91 Å². The minimum absolute atomic E-state index is 0.0476. The van der Waals surface area contributed by atoms with E-state index in [0.717, 1.165) is 25.9 Å². The molecule has 0 bridgehead atoms. The molecule has 0 aromatic heterocycles. The smallest absolute Gasteiger partial charge is 0.238 e. The SMILES string of the molecule is CN(CC(=O)Nc1c(I)cc(I)cc1I)C1CNC1. The fourth-order valence-corrected chi connectivity index (χ4v) is 5.63. The first-order valence-corrected chi connectivity index (χ1v) is 9.06. The number of hydrogen-bond acceptors (Lipinski definition) is 3. The Bertz CT molecular complexity index is 468. The fraction of sp³-hybridized carbons (Fsp3) is 0.417. The highest BCUT2D eigenvalue weighted by Gasteiger charge is 2.23. The van der Waals surface area contributed by atoms with Crippen molar-refractivity contribution >= 4 is 79.4 Å². The molecular formula is C12H14I3N3O. The molecule has 4 nitrogen and oxygen atoms in total. The van der Waals surface area contributed by atoms with Gasteiger partial charge in [0, 0.05) is 29.8 Å². The van der Waals surface area contributed by atoms with Gasteiger partial charge in [-0.15, -0.1) is 0 Å². The number of hydrogen-bond donors (Lipinski definition) is 2. The topological polar surface area (TPSA) is 44.4 Å². The van der Waals surface area contributed by atoms with Gasteiger partial charge >= 0.3 is 0 Å². The van der Waals surface area contributed by atoms with Gasteiger partial charge in [-0.1, -0.05) is 0 Å². The number of nitrogens with zero attached hydrogens (tertiary/aromatic N) is 1. The molecule has 0 radical (unpaired) electrons. The van der Waals surface area contributed by atoms with E-state index < -0.39 is 0 Å². The van der Waals surface area contributed by atoms with Crippen LogP contribution in [0.15, 0.2) is 12.1 Å². The van der Waals surface area contributed by atoms with Crippen LogP contribution < -0.4 is 10.6 Å². The zero-order chi connectivity index (χ0) is 14.0. The lowest BCUT2D eigenvalue weighted by Gasteiger charge is -2.35. The van der Waals surface area contributed by atoms with E-state index in [4.69, 9.17) is 0 Å².